The SMILES string of the molecule is COC(=O)N1C=C(c2ccccc2)N(N(C(C)=O)C(Cc2ccccc2)C(O)C(F)(F)F)C(=O)C1C(C)C. The monoisotopic (exact) mass is 533 g/mol. The van der Waals surface area contributed by atoms with E-state index in [4.69, 9.17) is 4.74 Å². The van der Waals surface area contributed by atoms with Crippen LogP contribution in [0.5, 0.6) is 0 Å². The average molecular weight is 534 g/mol. The number of nitrogens with zero attached hydrogens (tertiary/aromatic N) is 3. The highest BCUT2D eigenvalue weighted by molar-refractivity contribution is 5.97. The van der Waals surface area contributed by atoms with Gasteiger partial charge in [0.15, 0.2) is 6.10 Å². The lowest BCUT2D eigenvalue weighted by Crippen LogP contribution is -2.65. The quantitative estimate of drug-likeness (QED) is 0.576. The van der Waals surface area contributed by atoms with Crippen LogP contribution in [0.25, 0.3) is 5.70 Å². The van der Waals surface area contributed by atoms with E-state index in [0.29, 0.717) is 16.1 Å². The molecule has 3 rings (SSSR count). The van der Waals surface area contributed by atoms with Gasteiger partial charge in [0.1, 0.15) is 6.04 Å². The molecule has 38 heavy (non-hydrogen) atoms. The lowest BCUT2D eigenvalue weighted by Gasteiger charge is -2.47. The summed E-state index contributed by atoms with van der Waals surface area (Å²) in [7, 11) is 1.14. The third-order valence-electron chi connectivity index (χ3n) is 6.18. The number of benzene rings is 2. The van der Waals surface area contributed by atoms with Crippen LogP contribution in [0.2, 0.25) is 0 Å². The van der Waals surface area contributed by atoms with Gasteiger partial charge in [-0.25, -0.2) is 14.8 Å². The molecule has 1 heterocycles. The number of halogens is 3. The fraction of sp³-hybridized carbons (Fsp3) is 0.370. The Labute approximate surface area is 218 Å². The molecule has 2 aromatic carbocycles. The summed E-state index contributed by atoms with van der Waals surface area (Å²) >= 11 is 0. The van der Waals surface area contributed by atoms with Crippen LogP contribution in [0.4, 0.5) is 18.0 Å². The summed E-state index contributed by atoms with van der Waals surface area (Å²) in [6.45, 7) is 4.33. The number of aliphatic hydroxyl groups is 1. The second-order valence-electron chi connectivity index (χ2n) is 9.20. The first-order valence-electron chi connectivity index (χ1n) is 11.9. The third-order valence-corrected chi connectivity index (χ3v) is 6.18. The van der Waals surface area contributed by atoms with Crippen LogP contribution in [-0.4, -0.2) is 69.4 Å². The van der Waals surface area contributed by atoms with E-state index in [1.807, 2.05) is 0 Å². The van der Waals surface area contributed by atoms with Crippen molar-refractivity contribution in [2.45, 2.75) is 51.6 Å². The number of carbonyl (C=O) groups excluding carboxylic acids is 3. The molecule has 3 unspecified atom stereocenters. The Hall–Kier alpha value is -3.86. The minimum Gasteiger partial charge on any atom is -0.452 e. The first-order chi connectivity index (χ1) is 17.9. The molecule has 0 saturated heterocycles. The minimum absolute atomic E-state index is 0.0273. The summed E-state index contributed by atoms with van der Waals surface area (Å²) in [6.07, 6.45) is -8.05. The molecule has 3 atom stereocenters. The number of hydrogen-bond donors (Lipinski definition) is 1. The van der Waals surface area contributed by atoms with Crippen LogP contribution < -0.4 is 0 Å². The summed E-state index contributed by atoms with van der Waals surface area (Å²) in [5, 5.41) is 12.0. The summed E-state index contributed by atoms with van der Waals surface area (Å²) in [4.78, 5) is 40.8. The predicted molar refractivity (Wildman–Crippen MR) is 133 cm³/mol. The highest BCUT2D eigenvalue weighted by Gasteiger charge is 2.51. The molecule has 8 nitrogen and oxygen atoms in total. The van der Waals surface area contributed by atoms with Crippen molar-refractivity contribution >= 4 is 23.6 Å². The number of rotatable bonds is 7. The van der Waals surface area contributed by atoms with Gasteiger partial charge in [-0.2, -0.15) is 13.2 Å². The summed E-state index contributed by atoms with van der Waals surface area (Å²) in [6, 6.07) is 13.1. The number of methoxy groups -OCH3 is 1. The molecule has 0 bridgehead atoms. The zero-order valence-corrected chi connectivity index (χ0v) is 21.4. The predicted octanol–water partition coefficient (Wildman–Crippen LogP) is 4.22. The average Bonchev–Trinajstić information content (AvgIpc) is 2.88. The second-order valence-corrected chi connectivity index (χ2v) is 9.20. The number of hydrogen-bond acceptors (Lipinski definition) is 5. The number of ether oxygens (including phenoxy) is 1. The van der Waals surface area contributed by atoms with Crippen LogP contribution in [0.3, 0.4) is 0 Å². The van der Waals surface area contributed by atoms with Crippen LogP contribution in [0.15, 0.2) is 66.9 Å². The molecule has 1 aliphatic heterocycles. The Kier molecular flexibility index (Phi) is 8.82. The molecule has 0 spiro atoms. The van der Waals surface area contributed by atoms with Crippen molar-refractivity contribution in [3.63, 3.8) is 0 Å². The summed E-state index contributed by atoms with van der Waals surface area (Å²) < 4.78 is 46.7. The molecule has 1 N–H and O–H groups in total. The van der Waals surface area contributed by atoms with Crippen molar-refractivity contribution in [3.05, 3.63) is 78.0 Å². The van der Waals surface area contributed by atoms with E-state index >= 15 is 0 Å². The zero-order chi connectivity index (χ0) is 28.2. The van der Waals surface area contributed by atoms with Crippen LogP contribution in [-0.2, 0) is 20.7 Å². The Bertz CT molecular complexity index is 1170. The van der Waals surface area contributed by atoms with E-state index in [2.05, 4.69) is 0 Å². The smallest absolute Gasteiger partial charge is 0.416 e. The summed E-state index contributed by atoms with van der Waals surface area (Å²) in [5.74, 6) is -2.24. The maximum atomic E-state index is 14.0. The van der Waals surface area contributed by atoms with E-state index in [-0.39, 0.29) is 5.70 Å². The molecule has 2 aromatic rings. The van der Waals surface area contributed by atoms with Gasteiger partial charge >= 0.3 is 12.3 Å². The number of hydrazine groups is 1. The first-order valence-corrected chi connectivity index (χ1v) is 11.9. The van der Waals surface area contributed by atoms with Gasteiger partial charge in [-0.05, 0) is 17.9 Å². The van der Waals surface area contributed by atoms with E-state index in [0.717, 1.165) is 23.9 Å². The summed E-state index contributed by atoms with van der Waals surface area (Å²) in [5.41, 5.74) is 0.738. The molecular formula is C27H30F3N3O5. The highest BCUT2D eigenvalue weighted by atomic mass is 19.4. The highest BCUT2D eigenvalue weighted by Crippen LogP contribution is 2.35. The molecular weight excluding hydrogens is 503 g/mol. The van der Waals surface area contributed by atoms with Crippen molar-refractivity contribution in [2.75, 3.05) is 7.11 Å². The minimum atomic E-state index is -5.10. The van der Waals surface area contributed by atoms with Gasteiger partial charge in [-0.3, -0.25) is 14.5 Å². The van der Waals surface area contributed by atoms with Gasteiger partial charge in [0, 0.05) is 18.7 Å². The van der Waals surface area contributed by atoms with Crippen molar-refractivity contribution in [3.8, 4) is 0 Å². The number of carbonyl (C=O) groups is 3. The van der Waals surface area contributed by atoms with Gasteiger partial charge < -0.3 is 9.84 Å². The molecule has 1 aliphatic rings. The van der Waals surface area contributed by atoms with Crippen molar-refractivity contribution < 1.29 is 37.4 Å². The zero-order valence-electron chi connectivity index (χ0n) is 21.4. The Morgan fingerprint density at radius 3 is 2.08 bits per heavy atom. The number of aliphatic hydroxyl groups excluding tert-OH is 1. The topological polar surface area (TPSA) is 90.4 Å². The Morgan fingerprint density at radius 2 is 1.61 bits per heavy atom. The molecule has 0 aromatic heterocycles. The second kappa shape index (κ2) is 11.7. The van der Waals surface area contributed by atoms with E-state index in [9.17, 15) is 32.7 Å². The fourth-order valence-electron chi connectivity index (χ4n) is 4.46. The molecule has 3 amide bonds. The lowest BCUT2D eigenvalue weighted by atomic mass is 9.97. The normalized spacial score (nSPS) is 17.7. The third kappa shape index (κ3) is 5.99. The molecule has 0 saturated carbocycles. The number of alkyl halides is 3. The van der Waals surface area contributed by atoms with Gasteiger partial charge in [-0.1, -0.05) is 74.5 Å². The largest absolute Gasteiger partial charge is 0.452 e. The van der Waals surface area contributed by atoms with Crippen LogP contribution >= 0.6 is 0 Å². The maximum Gasteiger partial charge on any atom is 0.416 e. The lowest BCUT2D eigenvalue weighted by molar-refractivity contribution is -0.232. The van der Waals surface area contributed by atoms with E-state index in [1.165, 1.54) is 6.20 Å². The molecule has 0 radical (unpaired) electrons. The van der Waals surface area contributed by atoms with Crippen LogP contribution in [0, 0.1) is 5.92 Å². The van der Waals surface area contributed by atoms with Crippen LogP contribution in [0.1, 0.15) is 31.9 Å². The first kappa shape index (κ1) is 28.7. The van der Waals surface area contributed by atoms with Crippen molar-refractivity contribution in [1.29, 1.82) is 0 Å². The maximum absolute atomic E-state index is 14.0. The van der Waals surface area contributed by atoms with Gasteiger partial charge in [0.25, 0.3) is 5.91 Å². The number of amides is 3. The molecule has 0 aliphatic carbocycles. The standard InChI is InChI=1S/C27H30F3N3O5/c1-17(2)23-25(36)33(22(16-31(23)26(37)38-4)20-13-9-6-10-14-20)32(18(3)34)21(24(35)27(28,29)30)15-19-11-7-5-8-12-19/h5-14,16-17,21,23-24,35H,15H2,1-4H3. The van der Waals surface area contributed by atoms with Gasteiger partial charge in [-0.15, -0.1) is 0 Å². The Morgan fingerprint density at radius 1 is 1.05 bits per heavy atom. The molecule has 204 valence electrons. The fourth-order valence-corrected chi connectivity index (χ4v) is 4.46. The van der Waals surface area contributed by atoms with E-state index < -0.39 is 54.6 Å². The molecule has 11 heteroatoms. The van der Waals surface area contributed by atoms with Crippen molar-refractivity contribution in [2.24, 2.45) is 5.92 Å². The van der Waals surface area contributed by atoms with Crippen molar-refractivity contribution in [1.82, 2.24) is 14.9 Å². The van der Waals surface area contributed by atoms with Gasteiger partial charge in [0.05, 0.1) is 18.8 Å². The Balaban J connectivity index is 2.27. The van der Waals surface area contributed by atoms with Gasteiger partial charge in [0.2, 0.25) is 5.91 Å². The molecule has 0 fully saturated rings. The van der Waals surface area contributed by atoms with E-state index in [1.54, 1.807) is 74.5 Å².